The van der Waals surface area contributed by atoms with Crippen molar-refractivity contribution in [2.45, 2.75) is 6.92 Å². The fourth-order valence-electron chi connectivity index (χ4n) is 0.145. The molecule has 1 nitrogen and oxygen atoms in total. The molecule has 0 amide bonds. The topological polar surface area (TPSA) is 12.4 Å². The third kappa shape index (κ3) is 4.81. The van der Waals surface area contributed by atoms with Crippen LogP contribution in [-0.2, 0) is 0 Å². The Bertz CT molecular complexity index is 84.1. The van der Waals surface area contributed by atoms with Crippen LogP contribution in [0, 0.1) is 0 Å². The molecule has 0 aromatic carbocycles. The minimum atomic E-state index is 0.622. The molecule has 0 aromatic heterocycles. The van der Waals surface area contributed by atoms with E-state index in [0.717, 1.165) is 5.75 Å². The van der Waals surface area contributed by atoms with E-state index in [9.17, 15) is 0 Å². The summed E-state index contributed by atoms with van der Waals surface area (Å²) in [5.74, 6) is 1.07. The van der Waals surface area contributed by atoms with Gasteiger partial charge in [-0.05, 0) is 10.8 Å². The van der Waals surface area contributed by atoms with E-state index in [4.69, 9.17) is 11.6 Å². The summed E-state index contributed by atoms with van der Waals surface area (Å²) < 4.78 is 0.622. The van der Waals surface area contributed by atoms with Crippen LogP contribution in [-0.4, -0.2) is 17.3 Å². The molecular weight excluding hydrogens is 162 g/mol. The van der Waals surface area contributed by atoms with E-state index in [0.29, 0.717) is 4.50 Å². The first kappa shape index (κ1) is 8.66. The highest BCUT2D eigenvalue weighted by Crippen LogP contribution is 2.23. The van der Waals surface area contributed by atoms with Crippen LogP contribution in [0.3, 0.4) is 0 Å². The Morgan fingerprint density at radius 3 is 2.75 bits per heavy atom. The summed E-state index contributed by atoms with van der Waals surface area (Å²) in [6.45, 7) is 2.08. The second-order valence-electron chi connectivity index (χ2n) is 0.966. The van der Waals surface area contributed by atoms with Crippen LogP contribution >= 0.6 is 33.2 Å². The lowest BCUT2D eigenvalue weighted by molar-refractivity contribution is 1.48. The third-order valence-corrected chi connectivity index (χ3v) is 3.30. The van der Waals surface area contributed by atoms with E-state index in [-0.39, 0.29) is 0 Å². The van der Waals surface area contributed by atoms with Crippen LogP contribution in [0.15, 0.2) is 4.99 Å². The summed E-state index contributed by atoms with van der Waals surface area (Å²) in [5.41, 5.74) is 0. The average Bonchev–Trinajstić information content (AvgIpc) is 1.83. The van der Waals surface area contributed by atoms with Gasteiger partial charge in [0.25, 0.3) is 0 Å². The standard InChI is InChI=1S/C4H8ClNS2/c1-3-7-8-4(5)6-2/h3H2,1-2H3. The normalized spacial score (nSPS) is 12.1. The molecule has 0 N–H and O–H groups in total. The predicted octanol–water partition coefficient (Wildman–Crippen LogP) is 2.61. The van der Waals surface area contributed by atoms with Gasteiger partial charge in [0.05, 0.1) is 0 Å². The van der Waals surface area contributed by atoms with Gasteiger partial charge in [0.2, 0.25) is 0 Å². The largest absolute Gasteiger partial charge is 0.270 e. The summed E-state index contributed by atoms with van der Waals surface area (Å²) in [6.07, 6.45) is 0. The van der Waals surface area contributed by atoms with Crippen LogP contribution in [0.5, 0.6) is 0 Å². The first-order valence-electron chi connectivity index (χ1n) is 2.23. The molecule has 0 atom stereocenters. The molecule has 0 saturated heterocycles. The maximum absolute atomic E-state index is 5.54. The van der Waals surface area contributed by atoms with Crippen molar-refractivity contribution in [3.8, 4) is 0 Å². The average molecular weight is 170 g/mol. The highest BCUT2D eigenvalue weighted by Gasteiger charge is 1.89. The molecule has 0 radical (unpaired) electrons. The predicted molar refractivity (Wildman–Crippen MR) is 44.9 cm³/mol. The van der Waals surface area contributed by atoms with Gasteiger partial charge >= 0.3 is 0 Å². The molecule has 0 unspecified atom stereocenters. The van der Waals surface area contributed by atoms with Crippen LogP contribution in [0.1, 0.15) is 6.92 Å². The lowest BCUT2D eigenvalue weighted by atomic mass is 11.0. The number of halogens is 1. The maximum Gasteiger partial charge on any atom is 0.168 e. The Hall–Kier alpha value is 0.660. The minimum absolute atomic E-state index is 0.622. The zero-order valence-corrected chi connectivity index (χ0v) is 7.24. The Balaban J connectivity index is 3.12. The van der Waals surface area contributed by atoms with Crippen LogP contribution < -0.4 is 0 Å². The summed E-state index contributed by atoms with van der Waals surface area (Å²) in [7, 11) is 4.89. The molecule has 0 spiro atoms. The minimum Gasteiger partial charge on any atom is -0.270 e. The molecule has 0 aliphatic rings. The number of rotatable bonds is 2. The van der Waals surface area contributed by atoms with Gasteiger partial charge in [-0.15, -0.1) is 0 Å². The van der Waals surface area contributed by atoms with Gasteiger partial charge < -0.3 is 0 Å². The van der Waals surface area contributed by atoms with Crippen molar-refractivity contribution in [1.82, 2.24) is 0 Å². The van der Waals surface area contributed by atoms with Gasteiger partial charge in [-0.3, -0.25) is 4.99 Å². The van der Waals surface area contributed by atoms with Gasteiger partial charge in [0, 0.05) is 12.8 Å². The SMILES string of the molecule is CCSSC(Cl)=NC. The lowest BCUT2D eigenvalue weighted by Crippen LogP contribution is -1.72. The first-order valence-corrected chi connectivity index (χ1v) is 4.92. The fraction of sp³-hybridized carbons (Fsp3) is 0.750. The van der Waals surface area contributed by atoms with E-state index >= 15 is 0 Å². The highest BCUT2D eigenvalue weighted by molar-refractivity contribution is 8.83. The van der Waals surface area contributed by atoms with E-state index in [1.807, 2.05) is 0 Å². The van der Waals surface area contributed by atoms with Crippen LogP contribution in [0.4, 0.5) is 0 Å². The number of hydrogen-bond acceptors (Lipinski definition) is 3. The van der Waals surface area contributed by atoms with Crippen molar-refractivity contribution < 1.29 is 0 Å². The molecule has 0 aliphatic carbocycles. The molecule has 0 saturated carbocycles. The van der Waals surface area contributed by atoms with Crippen molar-refractivity contribution in [2.24, 2.45) is 4.99 Å². The molecule has 0 aromatic rings. The van der Waals surface area contributed by atoms with E-state index < -0.39 is 0 Å². The Morgan fingerprint density at radius 2 is 2.38 bits per heavy atom. The summed E-state index contributed by atoms with van der Waals surface area (Å²) in [4.78, 5) is 3.75. The molecule has 0 heterocycles. The van der Waals surface area contributed by atoms with Gasteiger partial charge in [0.1, 0.15) is 0 Å². The summed E-state index contributed by atoms with van der Waals surface area (Å²) in [6, 6.07) is 0. The first-order chi connectivity index (χ1) is 3.81. The fourth-order valence-corrected chi connectivity index (χ4v) is 1.70. The third-order valence-electron chi connectivity index (χ3n) is 0.421. The van der Waals surface area contributed by atoms with Crippen molar-refractivity contribution >= 4 is 37.7 Å². The molecule has 0 fully saturated rings. The molecule has 0 bridgehead atoms. The summed E-state index contributed by atoms with van der Waals surface area (Å²) in [5, 5.41) is 0. The number of nitrogens with zero attached hydrogens (tertiary/aromatic N) is 1. The monoisotopic (exact) mass is 169 g/mol. The Morgan fingerprint density at radius 1 is 1.75 bits per heavy atom. The maximum atomic E-state index is 5.54. The van der Waals surface area contributed by atoms with Crippen molar-refractivity contribution in [3.63, 3.8) is 0 Å². The zero-order valence-electron chi connectivity index (χ0n) is 4.85. The van der Waals surface area contributed by atoms with Gasteiger partial charge in [-0.1, -0.05) is 29.3 Å². The zero-order chi connectivity index (χ0) is 6.41. The molecule has 8 heavy (non-hydrogen) atoms. The quantitative estimate of drug-likeness (QED) is 0.358. The highest BCUT2D eigenvalue weighted by atomic mass is 35.5. The Kier molecular flexibility index (Phi) is 6.27. The van der Waals surface area contributed by atoms with Crippen molar-refractivity contribution in [1.29, 1.82) is 0 Å². The molecule has 4 heteroatoms. The smallest absolute Gasteiger partial charge is 0.168 e. The van der Waals surface area contributed by atoms with Crippen molar-refractivity contribution in [3.05, 3.63) is 0 Å². The van der Waals surface area contributed by atoms with E-state index in [1.165, 1.54) is 10.8 Å². The van der Waals surface area contributed by atoms with Gasteiger partial charge in [-0.25, -0.2) is 0 Å². The summed E-state index contributed by atoms with van der Waals surface area (Å²) >= 11 is 5.54. The second kappa shape index (κ2) is 5.79. The van der Waals surface area contributed by atoms with Crippen LogP contribution in [0.2, 0.25) is 0 Å². The van der Waals surface area contributed by atoms with Gasteiger partial charge in [0.15, 0.2) is 4.50 Å². The van der Waals surface area contributed by atoms with E-state index in [1.54, 1.807) is 17.8 Å². The van der Waals surface area contributed by atoms with E-state index in [2.05, 4.69) is 11.9 Å². The molecule has 0 rings (SSSR count). The van der Waals surface area contributed by atoms with Crippen molar-refractivity contribution in [2.75, 3.05) is 12.8 Å². The Labute approximate surface area is 62.7 Å². The number of hydrogen-bond donors (Lipinski definition) is 0. The number of aliphatic imine (C=N–C) groups is 1. The second-order valence-corrected chi connectivity index (χ2v) is 4.12. The lowest BCUT2D eigenvalue weighted by Gasteiger charge is -1.89. The molecule has 48 valence electrons. The molecular formula is C4H8ClNS2. The van der Waals surface area contributed by atoms with Gasteiger partial charge in [-0.2, -0.15) is 0 Å². The molecule has 0 aliphatic heterocycles. The van der Waals surface area contributed by atoms with Crippen LogP contribution in [0.25, 0.3) is 0 Å².